The van der Waals surface area contributed by atoms with E-state index < -0.39 is 16.1 Å². The van der Waals surface area contributed by atoms with Gasteiger partial charge in [0, 0.05) is 54.9 Å². The van der Waals surface area contributed by atoms with E-state index in [1.165, 1.54) is 50.5 Å². The molecule has 2 aromatic carbocycles. The molecule has 0 fully saturated rings. The van der Waals surface area contributed by atoms with Gasteiger partial charge in [0.05, 0.1) is 11.2 Å². The fraction of sp³-hybridized carbons (Fsp3) is 0.488. The van der Waals surface area contributed by atoms with Gasteiger partial charge in [-0.15, -0.1) is 0 Å². The van der Waals surface area contributed by atoms with Gasteiger partial charge in [-0.3, -0.25) is 9.35 Å². The number of anilines is 1. The van der Waals surface area contributed by atoms with E-state index in [4.69, 9.17) is 5.11 Å². The van der Waals surface area contributed by atoms with Crippen LogP contribution in [0.1, 0.15) is 109 Å². The van der Waals surface area contributed by atoms with Crippen LogP contribution in [0.5, 0.6) is 0 Å². The summed E-state index contributed by atoms with van der Waals surface area (Å²) in [6.45, 7) is 15.2. The number of rotatable bonds is 14. The molecule has 0 amide bonds. The van der Waals surface area contributed by atoms with Crippen LogP contribution in [-0.4, -0.2) is 53.2 Å². The third-order valence-electron chi connectivity index (χ3n) is 10.6. The maximum absolute atomic E-state index is 11.4. The minimum atomic E-state index is -3.98. The molecule has 0 spiro atoms. The Hall–Kier alpha value is -3.75. The summed E-state index contributed by atoms with van der Waals surface area (Å²) in [5, 5.41) is 9.08. The number of carboxylic acid groups (broad SMARTS) is 1. The maximum atomic E-state index is 11.4. The Morgan fingerprint density at radius 2 is 1.75 bits per heavy atom. The summed E-state index contributed by atoms with van der Waals surface area (Å²) < 4.78 is 34.4. The molecule has 1 aliphatic carbocycles. The minimum Gasteiger partial charge on any atom is -0.481 e. The molecule has 3 aliphatic rings. The highest BCUT2D eigenvalue weighted by Crippen LogP contribution is 2.44. The number of aliphatic carboxylic acids is 1. The number of fused-ring (bicyclic) bond motifs is 2. The zero-order valence-electron chi connectivity index (χ0n) is 31.5. The van der Waals surface area contributed by atoms with Crippen LogP contribution < -0.4 is 4.90 Å². The lowest BCUT2D eigenvalue weighted by molar-refractivity contribution is -0.438. The van der Waals surface area contributed by atoms with E-state index in [0.29, 0.717) is 25.8 Å². The molecule has 0 radical (unpaired) electrons. The SMILES string of the molecule is Cc1ccc2c(c1)CC(=CC=C1CCCC(C=CC3=[N+](CCCCS(=O)(=O)O)c4ccccc4C3(C)C)=C1C(C)(C)C)N2CCCCCC(=O)O. The Labute approximate surface area is 305 Å². The zero-order chi connectivity index (χ0) is 37.0. The summed E-state index contributed by atoms with van der Waals surface area (Å²) in [5.41, 5.74) is 12.7. The second kappa shape index (κ2) is 15.9. The van der Waals surface area contributed by atoms with Crippen LogP contribution in [0.4, 0.5) is 11.4 Å². The molecule has 8 heteroatoms. The Morgan fingerprint density at radius 3 is 2.47 bits per heavy atom. The monoisotopic (exact) mass is 713 g/mol. The number of unbranched alkanes of at least 4 members (excludes halogenated alkanes) is 3. The normalized spacial score (nSPS) is 19.2. The van der Waals surface area contributed by atoms with Crippen molar-refractivity contribution in [2.24, 2.45) is 5.41 Å². The van der Waals surface area contributed by atoms with Gasteiger partial charge in [-0.05, 0) is 99.1 Å². The van der Waals surface area contributed by atoms with Crippen LogP contribution in [0.15, 0.2) is 89.2 Å². The van der Waals surface area contributed by atoms with Crippen molar-refractivity contribution in [3.8, 4) is 0 Å². The Kier molecular flexibility index (Phi) is 12.0. The number of benzene rings is 2. The van der Waals surface area contributed by atoms with Crippen LogP contribution in [0.25, 0.3) is 0 Å². The van der Waals surface area contributed by atoms with E-state index in [9.17, 15) is 17.8 Å². The van der Waals surface area contributed by atoms with E-state index in [1.54, 1.807) is 0 Å². The molecular formula is C43H57N2O5S+. The van der Waals surface area contributed by atoms with Crippen molar-refractivity contribution in [2.45, 2.75) is 111 Å². The standard InChI is InChI=1S/C43H56N2O5S/c1-31-20-24-37-34(29-31)30-35(44(37)26-11-7-8-19-40(46)47)23-21-32-15-14-16-33(41(32)42(2,3)4)22-25-39-43(5,6)36-17-9-10-18-38(36)45(39)27-12-13-28-51(48,49)50/h9-10,17-18,20-25,29H,7-8,11-16,19,26-28,30H2,1-6H3,(H-,46,47,48,49,50)/p+1. The first-order valence-electron chi connectivity index (χ1n) is 18.7. The number of hydrogen-bond donors (Lipinski definition) is 2. The molecule has 2 heterocycles. The predicted molar refractivity (Wildman–Crippen MR) is 209 cm³/mol. The highest BCUT2D eigenvalue weighted by Gasteiger charge is 2.44. The largest absolute Gasteiger partial charge is 0.481 e. The van der Waals surface area contributed by atoms with Gasteiger partial charge < -0.3 is 10.0 Å². The lowest BCUT2D eigenvalue weighted by atomic mass is 9.73. The fourth-order valence-corrected chi connectivity index (χ4v) is 8.80. The van der Waals surface area contributed by atoms with Crippen LogP contribution in [0.3, 0.4) is 0 Å². The highest BCUT2D eigenvalue weighted by molar-refractivity contribution is 7.85. The number of hydrogen-bond acceptors (Lipinski definition) is 4. The van der Waals surface area contributed by atoms with Crippen molar-refractivity contribution in [1.29, 1.82) is 0 Å². The van der Waals surface area contributed by atoms with Gasteiger partial charge >= 0.3 is 5.97 Å². The number of carboxylic acids is 1. The highest BCUT2D eigenvalue weighted by atomic mass is 32.2. The number of para-hydroxylation sites is 1. The number of allylic oxidation sites excluding steroid dienone is 8. The van der Waals surface area contributed by atoms with Gasteiger partial charge in [0.1, 0.15) is 6.54 Å². The van der Waals surface area contributed by atoms with E-state index in [2.05, 4.69) is 118 Å². The number of nitrogens with zero attached hydrogens (tertiary/aromatic N) is 2. The van der Waals surface area contributed by atoms with Crippen molar-refractivity contribution >= 4 is 33.2 Å². The molecule has 2 aliphatic heterocycles. The Balaban J connectivity index is 1.47. The Bertz CT molecular complexity index is 1900. The summed E-state index contributed by atoms with van der Waals surface area (Å²) >= 11 is 0. The second-order valence-electron chi connectivity index (χ2n) is 16.0. The molecule has 7 nitrogen and oxygen atoms in total. The van der Waals surface area contributed by atoms with E-state index in [-0.39, 0.29) is 23.0 Å². The van der Waals surface area contributed by atoms with Gasteiger partial charge in [-0.25, -0.2) is 0 Å². The maximum Gasteiger partial charge on any atom is 0.303 e. The minimum absolute atomic E-state index is 0.0572. The average molecular weight is 714 g/mol. The van der Waals surface area contributed by atoms with Gasteiger partial charge in [0.2, 0.25) is 5.69 Å². The molecule has 51 heavy (non-hydrogen) atoms. The lowest BCUT2D eigenvalue weighted by Gasteiger charge is -2.32. The van der Waals surface area contributed by atoms with Gasteiger partial charge in [0.15, 0.2) is 5.71 Å². The van der Waals surface area contributed by atoms with Gasteiger partial charge in [0.25, 0.3) is 10.1 Å². The summed E-state index contributed by atoms with van der Waals surface area (Å²) in [6, 6.07) is 15.2. The van der Waals surface area contributed by atoms with E-state index in [1.807, 2.05) is 0 Å². The molecule has 0 saturated heterocycles. The molecule has 0 saturated carbocycles. The number of carbonyl (C=O) groups is 1. The average Bonchev–Trinajstić information content (AvgIpc) is 3.49. The second-order valence-corrected chi connectivity index (χ2v) is 17.6. The quantitative estimate of drug-likeness (QED) is 0.115. The van der Waals surface area contributed by atoms with Crippen LogP contribution >= 0.6 is 0 Å². The van der Waals surface area contributed by atoms with E-state index >= 15 is 0 Å². The van der Waals surface area contributed by atoms with Crippen LogP contribution in [-0.2, 0) is 26.7 Å². The molecule has 0 atom stereocenters. The number of aryl methyl sites for hydroxylation is 1. The molecule has 0 bridgehead atoms. The first kappa shape index (κ1) is 38.5. The molecular weight excluding hydrogens is 657 g/mol. The van der Waals surface area contributed by atoms with Crippen molar-refractivity contribution in [3.05, 3.63) is 106 Å². The molecule has 5 rings (SSSR count). The topological polar surface area (TPSA) is 97.9 Å². The molecule has 2 N–H and O–H groups in total. The van der Waals surface area contributed by atoms with Crippen molar-refractivity contribution in [3.63, 3.8) is 0 Å². The lowest BCUT2D eigenvalue weighted by Crippen LogP contribution is -2.28. The Morgan fingerprint density at radius 1 is 0.980 bits per heavy atom. The zero-order valence-corrected chi connectivity index (χ0v) is 32.3. The van der Waals surface area contributed by atoms with Crippen molar-refractivity contribution < 1.29 is 27.4 Å². The van der Waals surface area contributed by atoms with Gasteiger partial charge in [-0.2, -0.15) is 13.0 Å². The molecule has 0 aromatic heterocycles. The molecule has 2 aromatic rings. The fourth-order valence-electron chi connectivity index (χ4n) is 8.24. The van der Waals surface area contributed by atoms with Crippen molar-refractivity contribution in [1.82, 2.24) is 0 Å². The molecule has 274 valence electrons. The summed E-state index contributed by atoms with van der Waals surface area (Å²) in [6.07, 6.45) is 17.2. The smallest absolute Gasteiger partial charge is 0.303 e. The van der Waals surface area contributed by atoms with Gasteiger partial charge in [-0.1, -0.05) is 75.2 Å². The van der Waals surface area contributed by atoms with Crippen LogP contribution in [0, 0.1) is 12.3 Å². The summed E-state index contributed by atoms with van der Waals surface area (Å²) in [5.74, 6) is -0.948. The van der Waals surface area contributed by atoms with Crippen molar-refractivity contribution in [2.75, 3.05) is 23.7 Å². The predicted octanol–water partition coefficient (Wildman–Crippen LogP) is 9.64. The summed E-state index contributed by atoms with van der Waals surface area (Å²) in [7, 11) is -3.98. The van der Waals surface area contributed by atoms with E-state index in [0.717, 1.165) is 50.8 Å². The first-order valence-corrected chi connectivity index (χ1v) is 20.3. The third kappa shape index (κ3) is 9.38. The summed E-state index contributed by atoms with van der Waals surface area (Å²) in [4.78, 5) is 13.5. The molecule has 0 unspecified atom stereocenters. The third-order valence-corrected chi connectivity index (χ3v) is 11.4. The van der Waals surface area contributed by atoms with Crippen LogP contribution in [0.2, 0.25) is 0 Å². The first-order chi connectivity index (χ1) is 24.1.